The molecule has 3 rings (SSSR count). The van der Waals surface area contributed by atoms with Crippen molar-refractivity contribution in [3.8, 4) is 0 Å². The maximum atomic E-state index is 11.2. The fourth-order valence-electron chi connectivity index (χ4n) is 2.51. The molecule has 1 unspecified atom stereocenters. The summed E-state index contributed by atoms with van der Waals surface area (Å²) in [6, 6.07) is 0. The van der Waals surface area contributed by atoms with Crippen molar-refractivity contribution in [2.75, 3.05) is 20.1 Å². The Morgan fingerprint density at radius 2 is 2.41 bits per heavy atom. The summed E-state index contributed by atoms with van der Waals surface area (Å²) in [6.07, 6.45) is 2.64. The van der Waals surface area contributed by atoms with E-state index >= 15 is 0 Å². The first-order chi connectivity index (χ1) is 8.12. The van der Waals surface area contributed by atoms with Crippen LogP contribution in [0.2, 0.25) is 0 Å². The van der Waals surface area contributed by atoms with Gasteiger partial charge in [-0.3, -0.25) is 4.79 Å². The number of carboxylic acid groups (broad SMARTS) is 1. The normalized spacial score (nSPS) is 27.2. The van der Waals surface area contributed by atoms with Crippen LogP contribution in [0.4, 0.5) is 0 Å². The topological polar surface area (TPSA) is 53.4 Å². The van der Waals surface area contributed by atoms with Crippen LogP contribution in [0.3, 0.4) is 0 Å². The second kappa shape index (κ2) is 3.78. The lowest BCUT2D eigenvalue weighted by molar-refractivity contribution is -0.140. The van der Waals surface area contributed by atoms with Crippen LogP contribution in [-0.4, -0.2) is 41.1 Å². The van der Waals surface area contributed by atoms with Gasteiger partial charge in [0.2, 0.25) is 0 Å². The highest BCUT2D eigenvalue weighted by molar-refractivity contribution is 7.10. The molecule has 1 saturated carbocycles. The van der Waals surface area contributed by atoms with Crippen LogP contribution in [0.25, 0.3) is 0 Å². The van der Waals surface area contributed by atoms with Gasteiger partial charge in [0.15, 0.2) is 0 Å². The minimum absolute atomic E-state index is 0.495. The van der Waals surface area contributed by atoms with Gasteiger partial charge in [-0.25, -0.2) is 4.98 Å². The Balaban J connectivity index is 1.82. The highest BCUT2D eigenvalue weighted by Crippen LogP contribution is 2.49. The number of aromatic nitrogens is 1. The van der Waals surface area contributed by atoms with Crippen LogP contribution in [0.5, 0.6) is 0 Å². The minimum Gasteiger partial charge on any atom is -0.481 e. The van der Waals surface area contributed by atoms with E-state index in [-0.39, 0.29) is 0 Å². The van der Waals surface area contributed by atoms with E-state index < -0.39 is 11.4 Å². The Labute approximate surface area is 104 Å². The summed E-state index contributed by atoms with van der Waals surface area (Å²) >= 11 is 1.52. The largest absolute Gasteiger partial charge is 0.481 e. The van der Waals surface area contributed by atoms with Crippen molar-refractivity contribution in [1.29, 1.82) is 0 Å². The van der Waals surface area contributed by atoms with E-state index in [2.05, 4.69) is 22.3 Å². The van der Waals surface area contributed by atoms with Crippen LogP contribution in [0, 0.1) is 0 Å². The molecule has 2 heterocycles. The van der Waals surface area contributed by atoms with Crippen LogP contribution in [-0.2, 0) is 10.2 Å². The molecule has 2 aliphatic rings. The lowest BCUT2D eigenvalue weighted by Crippen LogP contribution is -2.19. The molecule has 4 nitrogen and oxygen atoms in total. The summed E-state index contributed by atoms with van der Waals surface area (Å²) in [5, 5.41) is 12.1. The molecule has 0 aromatic carbocycles. The van der Waals surface area contributed by atoms with Gasteiger partial charge in [0.25, 0.3) is 0 Å². The van der Waals surface area contributed by atoms with Crippen LogP contribution in [0.15, 0.2) is 5.38 Å². The number of hydrogen-bond donors (Lipinski definition) is 1. The first kappa shape index (κ1) is 11.2. The molecule has 1 aromatic heterocycles. The second-order valence-corrected chi connectivity index (χ2v) is 6.07. The van der Waals surface area contributed by atoms with Crippen LogP contribution >= 0.6 is 11.3 Å². The van der Waals surface area contributed by atoms with Gasteiger partial charge in [0, 0.05) is 17.8 Å². The first-order valence-corrected chi connectivity index (χ1v) is 6.88. The molecule has 17 heavy (non-hydrogen) atoms. The quantitative estimate of drug-likeness (QED) is 0.889. The molecule has 5 heteroatoms. The summed E-state index contributed by atoms with van der Waals surface area (Å²) in [6.45, 7) is 2.16. The lowest BCUT2D eigenvalue weighted by Gasteiger charge is -2.08. The maximum Gasteiger partial charge on any atom is 0.316 e. The van der Waals surface area contributed by atoms with Crippen molar-refractivity contribution in [2.45, 2.75) is 30.6 Å². The van der Waals surface area contributed by atoms with Crippen molar-refractivity contribution in [1.82, 2.24) is 9.88 Å². The van der Waals surface area contributed by atoms with Gasteiger partial charge < -0.3 is 10.0 Å². The third kappa shape index (κ3) is 1.77. The minimum atomic E-state index is -0.707. The average molecular weight is 252 g/mol. The Morgan fingerprint density at radius 1 is 1.65 bits per heavy atom. The fourth-order valence-corrected chi connectivity index (χ4v) is 3.67. The number of aliphatic carboxylic acids is 1. The molecule has 0 amide bonds. The van der Waals surface area contributed by atoms with Crippen molar-refractivity contribution < 1.29 is 9.90 Å². The zero-order valence-electron chi connectivity index (χ0n) is 9.85. The Hall–Kier alpha value is -0.940. The predicted molar refractivity (Wildman–Crippen MR) is 65.5 cm³/mol. The van der Waals surface area contributed by atoms with E-state index in [1.807, 2.05) is 0 Å². The van der Waals surface area contributed by atoms with Crippen LogP contribution < -0.4 is 0 Å². The number of carboxylic acids is 1. The molecule has 1 saturated heterocycles. The third-order valence-corrected chi connectivity index (χ3v) is 4.96. The SMILES string of the molecule is CN1CCC(c2csc(C3(C(=O)O)CC3)n2)C1. The monoisotopic (exact) mass is 252 g/mol. The van der Waals surface area contributed by atoms with Gasteiger partial charge in [-0.2, -0.15) is 0 Å². The van der Waals surface area contributed by atoms with E-state index in [9.17, 15) is 9.90 Å². The summed E-state index contributed by atoms with van der Waals surface area (Å²) in [7, 11) is 2.12. The van der Waals surface area contributed by atoms with Gasteiger partial charge >= 0.3 is 5.97 Å². The van der Waals surface area contributed by atoms with Gasteiger partial charge in [0.05, 0.1) is 5.69 Å². The van der Waals surface area contributed by atoms with E-state index in [1.54, 1.807) is 0 Å². The van der Waals surface area contributed by atoms with Crippen molar-refractivity contribution in [2.24, 2.45) is 0 Å². The Bertz CT molecular complexity index is 453. The first-order valence-electron chi connectivity index (χ1n) is 6.00. The maximum absolute atomic E-state index is 11.2. The molecule has 1 aliphatic carbocycles. The Morgan fingerprint density at radius 3 is 2.94 bits per heavy atom. The summed E-state index contributed by atoms with van der Waals surface area (Å²) in [5.41, 5.74) is 0.467. The number of hydrogen-bond acceptors (Lipinski definition) is 4. The van der Waals surface area contributed by atoms with Gasteiger partial charge in [-0.1, -0.05) is 0 Å². The summed E-state index contributed by atoms with van der Waals surface area (Å²) in [5.74, 6) is -0.212. The molecule has 1 N–H and O–H groups in total. The highest BCUT2D eigenvalue weighted by atomic mass is 32.1. The summed E-state index contributed by atoms with van der Waals surface area (Å²) in [4.78, 5) is 18.1. The van der Waals surface area contributed by atoms with Gasteiger partial charge in [0.1, 0.15) is 10.4 Å². The van der Waals surface area contributed by atoms with Crippen molar-refractivity contribution in [3.63, 3.8) is 0 Å². The highest BCUT2D eigenvalue weighted by Gasteiger charge is 2.54. The zero-order chi connectivity index (χ0) is 12.0. The number of carbonyl (C=O) groups is 1. The molecular weight excluding hydrogens is 236 g/mol. The second-order valence-electron chi connectivity index (χ2n) is 5.21. The van der Waals surface area contributed by atoms with E-state index in [1.165, 1.54) is 11.3 Å². The Kier molecular flexibility index (Phi) is 2.48. The van der Waals surface area contributed by atoms with E-state index in [4.69, 9.17) is 0 Å². The molecule has 1 aliphatic heterocycles. The lowest BCUT2D eigenvalue weighted by atomic mass is 10.1. The molecule has 0 bridgehead atoms. The smallest absolute Gasteiger partial charge is 0.316 e. The van der Waals surface area contributed by atoms with Gasteiger partial charge in [-0.05, 0) is 32.9 Å². The molecule has 1 atom stereocenters. The van der Waals surface area contributed by atoms with E-state index in [0.717, 1.165) is 43.1 Å². The zero-order valence-corrected chi connectivity index (χ0v) is 10.7. The van der Waals surface area contributed by atoms with Gasteiger partial charge in [-0.15, -0.1) is 11.3 Å². The average Bonchev–Trinajstić information content (AvgIpc) is 2.76. The molecular formula is C12H16N2O2S. The standard InChI is InChI=1S/C12H16N2O2S/c1-14-5-2-8(6-14)9-7-17-10(13-9)12(3-4-12)11(15)16/h7-8H,2-6H2,1H3,(H,15,16). The number of nitrogens with zero attached hydrogens (tertiary/aromatic N) is 2. The summed E-state index contributed by atoms with van der Waals surface area (Å²) < 4.78 is 0. The number of thiazole rings is 1. The van der Waals surface area contributed by atoms with Crippen molar-refractivity contribution >= 4 is 17.3 Å². The van der Waals surface area contributed by atoms with E-state index in [0.29, 0.717) is 5.92 Å². The molecule has 92 valence electrons. The molecule has 1 aromatic rings. The molecule has 0 spiro atoms. The molecule has 2 fully saturated rings. The molecule has 0 radical (unpaired) electrons. The third-order valence-electron chi connectivity index (χ3n) is 3.90. The fraction of sp³-hybridized carbons (Fsp3) is 0.667. The van der Waals surface area contributed by atoms with Crippen LogP contribution in [0.1, 0.15) is 35.9 Å². The number of likely N-dealkylation sites (tertiary alicyclic amines) is 1. The predicted octanol–water partition coefficient (Wildman–Crippen LogP) is 1.68. The number of likely N-dealkylation sites (N-methyl/N-ethyl adjacent to an activating group) is 1. The number of rotatable bonds is 3. The van der Waals surface area contributed by atoms with Crippen molar-refractivity contribution in [3.05, 3.63) is 16.1 Å².